The number of hydrogen-bond donors (Lipinski definition) is 0. The molecule has 1 rings (SSSR count). The number of rotatable bonds is 6. The molecule has 0 saturated carbocycles. The fourth-order valence-corrected chi connectivity index (χ4v) is 2.83. The molecule has 0 amide bonds. The molecule has 0 saturated heterocycles. The second kappa shape index (κ2) is 7.70. The Morgan fingerprint density at radius 3 is 2.00 bits per heavy atom. The van der Waals surface area contributed by atoms with Gasteiger partial charge in [-0.1, -0.05) is 39.7 Å². The van der Waals surface area contributed by atoms with Gasteiger partial charge in [-0.05, 0) is 26.2 Å². The van der Waals surface area contributed by atoms with Crippen LogP contribution in [0.1, 0.15) is 53.4 Å². The highest BCUT2D eigenvalue weighted by Crippen LogP contribution is 2.34. The van der Waals surface area contributed by atoms with Crippen molar-refractivity contribution in [2.75, 3.05) is 6.54 Å². The van der Waals surface area contributed by atoms with E-state index in [4.69, 9.17) is 0 Å². The quantitative estimate of drug-likeness (QED) is 0.711. The van der Waals surface area contributed by atoms with Gasteiger partial charge < -0.3 is 4.90 Å². The van der Waals surface area contributed by atoms with Crippen LogP contribution in [-0.2, 0) is 0 Å². The Morgan fingerprint density at radius 2 is 1.62 bits per heavy atom. The van der Waals surface area contributed by atoms with Crippen LogP contribution in [0.5, 0.6) is 0 Å². The van der Waals surface area contributed by atoms with Crippen molar-refractivity contribution < 1.29 is 0 Å². The van der Waals surface area contributed by atoms with Crippen LogP contribution in [0.3, 0.4) is 0 Å². The van der Waals surface area contributed by atoms with Gasteiger partial charge >= 0.3 is 0 Å². The lowest BCUT2D eigenvalue weighted by Gasteiger charge is -2.35. The van der Waals surface area contributed by atoms with Crippen LogP contribution in [0.2, 0.25) is 0 Å². The molecule has 0 spiro atoms. The number of allylic oxidation sites excluding steroid dienone is 5. The van der Waals surface area contributed by atoms with Crippen molar-refractivity contribution in [1.29, 1.82) is 10.5 Å². The van der Waals surface area contributed by atoms with Gasteiger partial charge in [0.05, 0.1) is 11.1 Å². The highest BCUT2D eigenvalue weighted by molar-refractivity contribution is 5.62. The minimum absolute atomic E-state index is 0.544. The first-order valence-corrected chi connectivity index (χ1v) is 7.70. The maximum atomic E-state index is 9.35. The van der Waals surface area contributed by atoms with Crippen LogP contribution in [0, 0.1) is 28.6 Å². The zero-order valence-corrected chi connectivity index (χ0v) is 13.7. The third-order valence-corrected chi connectivity index (χ3v) is 4.34. The predicted octanol–water partition coefficient (Wildman–Crippen LogP) is 4.67. The minimum atomic E-state index is 0.544. The molecular formula is C18H25N3. The Balaban J connectivity index is 3.11. The van der Waals surface area contributed by atoms with E-state index in [1.54, 1.807) is 0 Å². The molecule has 0 aromatic rings. The molecule has 1 unspecified atom stereocenters. The molecule has 0 N–H and O–H groups in total. The summed E-state index contributed by atoms with van der Waals surface area (Å²) in [5, 5.41) is 18.7. The standard InChI is InChI=1S/C18H25N3/c1-6-8-9-16(7-2)12-21-14(4)17(10-19)13(3)18(11-20)15(21)5/h16H,3,6-9,12H2,1-2,4-5H3. The topological polar surface area (TPSA) is 50.8 Å². The molecule has 1 heterocycles. The van der Waals surface area contributed by atoms with Crippen molar-refractivity contribution in [3.05, 3.63) is 34.7 Å². The van der Waals surface area contributed by atoms with Gasteiger partial charge in [0.15, 0.2) is 0 Å². The van der Waals surface area contributed by atoms with Gasteiger partial charge in [0.1, 0.15) is 12.1 Å². The maximum Gasteiger partial charge on any atom is 0.102 e. The number of unbranched alkanes of at least 4 members (excludes halogenated alkanes) is 1. The Hall–Kier alpha value is -2.00. The summed E-state index contributed by atoms with van der Waals surface area (Å²) in [4.78, 5) is 2.13. The molecule has 21 heavy (non-hydrogen) atoms. The van der Waals surface area contributed by atoms with Crippen LogP contribution >= 0.6 is 0 Å². The average Bonchev–Trinajstić information content (AvgIpc) is 2.47. The highest BCUT2D eigenvalue weighted by atomic mass is 15.2. The van der Waals surface area contributed by atoms with E-state index in [2.05, 4.69) is 37.5 Å². The predicted molar refractivity (Wildman–Crippen MR) is 85.8 cm³/mol. The Kier molecular flexibility index (Phi) is 6.25. The zero-order chi connectivity index (χ0) is 16.0. The summed E-state index contributed by atoms with van der Waals surface area (Å²) in [5.74, 6) is 0.584. The molecule has 0 radical (unpaired) electrons. The van der Waals surface area contributed by atoms with Gasteiger partial charge in [-0.3, -0.25) is 0 Å². The Labute approximate surface area is 128 Å². The lowest BCUT2D eigenvalue weighted by Crippen LogP contribution is -2.31. The van der Waals surface area contributed by atoms with Crippen LogP contribution in [-0.4, -0.2) is 11.4 Å². The van der Waals surface area contributed by atoms with Gasteiger partial charge in [0, 0.05) is 23.5 Å². The smallest absolute Gasteiger partial charge is 0.102 e. The fourth-order valence-electron chi connectivity index (χ4n) is 2.83. The summed E-state index contributed by atoms with van der Waals surface area (Å²) in [6.07, 6.45) is 4.72. The second-order valence-electron chi connectivity index (χ2n) is 5.65. The first kappa shape index (κ1) is 17.1. The molecule has 112 valence electrons. The highest BCUT2D eigenvalue weighted by Gasteiger charge is 2.27. The van der Waals surface area contributed by atoms with Crippen molar-refractivity contribution in [2.24, 2.45) is 5.92 Å². The fraction of sp³-hybridized carbons (Fsp3) is 0.556. The molecule has 3 heteroatoms. The summed E-state index contributed by atoms with van der Waals surface area (Å²) >= 11 is 0. The Morgan fingerprint density at radius 1 is 1.10 bits per heavy atom. The minimum Gasteiger partial charge on any atom is -0.346 e. The largest absolute Gasteiger partial charge is 0.346 e. The van der Waals surface area contributed by atoms with E-state index in [0.29, 0.717) is 22.6 Å². The summed E-state index contributed by atoms with van der Waals surface area (Å²) in [5.41, 5.74) is 3.50. The van der Waals surface area contributed by atoms with Crippen molar-refractivity contribution >= 4 is 0 Å². The van der Waals surface area contributed by atoms with Crippen molar-refractivity contribution in [1.82, 2.24) is 4.90 Å². The van der Waals surface area contributed by atoms with Gasteiger partial charge in [0.25, 0.3) is 0 Å². The molecule has 0 aromatic carbocycles. The van der Waals surface area contributed by atoms with E-state index in [-0.39, 0.29) is 0 Å². The molecule has 1 aliphatic heterocycles. The van der Waals surface area contributed by atoms with E-state index in [0.717, 1.165) is 24.4 Å². The molecule has 0 aliphatic carbocycles. The molecule has 0 bridgehead atoms. The molecule has 1 aliphatic rings. The average molecular weight is 283 g/mol. The molecule has 1 atom stereocenters. The van der Waals surface area contributed by atoms with Crippen LogP contribution in [0.4, 0.5) is 0 Å². The van der Waals surface area contributed by atoms with Crippen molar-refractivity contribution in [3.63, 3.8) is 0 Å². The van der Waals surface area contributed by atoms with Crippen LogP contribution in [0.25, 0.3) is 0 Å². The summed E-state index contributed by atoms with van der Waals surface area (Å²) in [6, 6.07) is 4.41. The van der Waals surface area contributed by atoms with Gasteiger partial charge in [-0.2, -0.15) is 10.5 Å². The second-order valence-corrected chi connectivity index (χ2v) is 5.65. The first-order chi connectivity index (χ1) is 10.0. The lowest BCUT2D eigenvalue weighted by molar-refractivity contribution is 0.309. The third-order valence-electron chi connectivity index (χ3n) is 4.34. The molecule has 3 nitrogen and oxygen atoms in total. The van der Waals surface area contributed by atoms with E-state index in [1.807, 2.05) is 13.8 Å². The first-order valence-electron chi connectivity index (χ1n) is 7.70. The molecular weight excluding hydrogens is 258 g/mol. The van der Waals surface area contributed by atoms with E-state index in [9.17, 15) is 10.5 Å². The maximum absolute atomic E-state index is 9.35. The number of nitrogens with zero attached hydrogens (tertiary/aromatic N) is 3. The van der Waals surface area contributed by atoms with Crippen molar-refractivity contribution in [2.45, 2.75) is 53.4 Å². The van der Waals surface area contributed by atoms with E-state index >= 15 is 0 Å². The molecule has 0 aromatic heterocycles. The molecule has 0 fully saturated rings. The normalized spacial score (nSPS) is 16.9. The van der Waals surface area contributed by atoms with Crippen LogP contribution < -0.4 is 0 Å². The Bertz CT molecular complexity index is 512. The zero-order valence-electron chi connectivity index (χ0n) is 13.7. The SMILES string of the molecule is C=C1C(C#N)=C(C)N(CC(CC)CCCC)C(C)=C1C#N. The van der Waals surface area contributed by atoms with Gasteiger partial charge in [-0.25, -0.2) is 0 Å². The lowest BCUT2D eigenvalue weighted by atomic mass is 9.91. The summed E-state index contributed by atoms with van der Waals surface area (Å²) in [7, 11) is 0. The summed E-state index contributed by atoms with van der Waals surface area (Å²) < 4.78 is 0. The summed E-state index contributed by atoms with van der Waals surface area (Å²) in [6.45, 7) is 13.1. The van der Waals surface area contributed by atoms with Gasteiger partial charge in [0.2, 0.25) is 0 Å². The van der Waals surface area contributed by atoms with Crippen LogP contribution in [0.15, 0.2) is 34.7 Å². The van der Waals surface area contributed by atoms with E-state index in [1.165, 1.54) is 19.3 Å². The third kappa shape index (κ3) is 3.56. The number of hydrogen-bond acceptors (Lipinski definition) is 3. The van der Waals surface area contributed by atoms with Crippen molar-refractivity contribution in [3.8, 4) is 12.1 Å². The monoisotopic (exact) mass is 283 g/mol. The van der Waals surface area contributed by atoms with Gasteiger partial charge in [-0.15, -0.1) is 0 Å². The van der Waals surface area contributed by atoms with E-state index < -0.39 is 0 Å². The number of nitriles is 2.